The largest absolute Gasteiger partial charge is 0.355 e. The Morgan fingerprint density at radius 1 is 1.04 bits per heavy atom. The Bertz CT molecular complexity index is 1020. The van der Waals surface area contributed by atoms with Crippen molar-refractivity contribution in [1.29, 1.82) is 0 Å². The Labute approximate surface area is 151 Å². The standard InChI is InChI=1S/C19H18N2O4S/c1-3-17(22)21-26(23,24)16-11-9-14(10-12-16)18-13(2)20-25-19(18)15-7-5-4-6-8-15/h4-12H,3H2,1-2H3,(H,21,22). The molecule has 3 aromatic rings. The van der Waals surface area contributed by atoms with Gasteiger partial charge in [-0.3, -0.25) is 4.79 Å². The number of aromatic nitrogens is 1. The van der Waals surface area contributed by atoms with Crippen LogP contribution in [0.15, 0.2) is 64.0 Å². The summed E-state index contributed by atoms with van der Waals surface area (Å²) < 4.78 is 31.9. The normalized spacial score (nSPS) is 11.3. The molecule has 26 heavy (non-hydrogen) atoms. The Morgan fingerprint density at radius 3 is 2.31 bits per heavy atom. The third kappa shape index (κ3) is 3.52. The summed E-state index contributed by atoms with van der Waals surface area (Å²) in [5.41, 5.74) is 3.18. The van der Waals surface area contributed by atoms with E-state index in [0.717, 1.165) is 16.7 Å². The van der Waals surface area contributed by atoms with Gasteiger partial charge in [0.15, 0.2) is 5.76 Å². The lowest BCUT2D eigenvalue weighted by atomic mass is 10.00. The minimum Gasteiger partial charge on any atom is -0.355 e. The van der Waals surface area contributed by atoms with Crippen LogP contribution in [0.2, 0.25) is 0 Å². The monoisotopic (exact) mass is 370 g/mol. The molecule has 134 valence electrons. The van der Waals surface area contributed by atoms with Gasteiger partial charge in [-0.2, -0.15) is 0 Å². The molecule has 0 radical (unpaired) electrons. The van der Waals surface area contributed by atoms with E-state index in [0.29, 0.717) is 11.5 Å². The number of aryl methyl sites for hydroxylation is 1. The number of rotatable bonds is 5. The maximum atomic E-state index is 12.2. The van der Waals surface area contributed by atoms with Crippen molar-refractivity contribution in [3.8, 4) is 22.5 Å². The van der Waals surface area contributed by atoms with Gasteiger partial charge in [0.25, 0.3) is 10.0 Å². The van der Waals surface area contributed by atoms with Crippen LogP contribution in [0.1, 0.15) is 19.0 Å². The van der Waals surface area contributed by atoms with Gasteiger partial charge in [0, 0.05) is 12.0 Å². The topological polar surface area (TPSA) is 89.3 Å². The Hall–Kier alpha value is -2.93. The Kier molecular flexibility index (Phi) is 4.90. The summed E-state index contributed by atoms with van der Waals surface area (Å²) in [6, 6.07) is 15.8. The highest BCUT2D eigenvalue weighted by Gasteiger charge is 2.19. The van der Waals surface area contributed by atoms with E-state index in [1.807, 2.05) is 42.0 Å². The molecule has 0 saturated heterocycles. The first kappa shape index (κ1) is 17.9. The minimum atomic E-state index is -3.87. The zero-order valence-corrected chi connectivity index (χ0v) is 15.2. The lowest BCUT2D eigenvalue weighted by Crippen LogP contribution is -2.29. The van der Waals surface area contributed by atoms with Crippen molar-refractivity contribution in [2.45, 2.75) is 25.2 Å². The molecule has 0 saturated carbocycles. The van der Waals surface area contributed by atoms with Crippen molar-refractivity contribution in [3.63, 3.8) is 0 Å². The van der Waals surface area contributed by atoms with Gasteiger partial charge >= 0.3 is 0 Å². The van der Waals surface area contributed by atoms with Crippen LogP contribution >= 0.6 is 0 Å². The predicted octanol–water partition coefficient (Wildman–Crippen LogP) is 3.53. The van der Waals surface area contributed by atoms with E-state index in [1.165, 1.54) is 12.1 Å². The number of carbonyl (C=O) groups excluding carboxylic acids is 1. The molecule has 0 atom stereocenters. The molecule has 1 N–H and O–H groups in total. The van der Waals surface area contributed by atoms with Crippen molar-refractivity contribution in [2.24, 2.45) is 0 Å². The summed E-state index contributed by atoms with van der Waals surface area (Å²) in [5, 5.41) is 4.04. The minimum absolute atomic E-state index is 0.0263. The van der Waals surface area contributed by atoms with E-state index < -0.39 is 15.9 Å². The number of hydrogen-bond acceptors (Lipinski definition) is 5. The second kappa shape index (κ2) is 7.13. The van der Waals surface area contributed by atoms with Gasteiger partial charge in [-0.25, -0.2) is 13.1 Å². The van der Waals surface area contributed by atoms with Crippen molar-refractivity contribution >= 4 is 15.9 Å². The average molecular weight is 370 g/mol. The second-order valence-corrected chi connectivity index (χ2v) is 7.43. The van der Waals surface area contributed by atoms with Gasteiger partial charge in [-0.15, -0.1) is 0 Å². The highest BCUT2D eigenvalue weighted by Crippen LogP contribution is 2.35. The molecule has 0 spiro atoms. The molecule has 0 unspecified atom stereocenters. The molecule has 0 fully saturated rings. The summed E-state index contributed by atoms with van der Waals surface area (Å²) in [7, 11) is -3.87. The van der Waals surface area contributed by atoms with E-state index in [9.17, 15) is 13.2 Å². The van der Waals surface area contributed by atoms with Crippen LogP contribution in [-0.4, -0.2) is 19.5 Å². The molecule has 7 heteroatoms. The molecular weight excluding hydrogens is 352 g/mol. The number of nitrogens with one attached hydrogen (secondary N) is 1. The Balaban J connectivity index is 1.98. The van der Waals surface area contributed by atoms with Gasteiger partial charge in [0.05, 0.1) is 16.2 Å². The highest BCUT2D eigenvalue weighted by molar-refractivity contribution is 7.90. The first-order valence-corrected chi connectivity index (χ1v) is 9.58. The summed E-state index contributed by atoms with van der Waals surface area (Å²) in [6.45, 7) is 3.42. The zero-order chi connectivity index (χ0) is 18.7. The van der Waals surface area contributed by atoms with Gasteiger partial charge in [-0.1, -0.05) is 54.5 Å². The van der Waals surface area contributed by atoms with Crippen LogP contribution in [0.5, 0.6) is 0 Å². The number of hydrogen-bond donors (Lipinski definition) is 1. The van der Waals surface area contributed by atoms with Crippen molar-refractivity contribution in [1.82, 2.24) is 9.88 Å². The molecular formula is C19H18N2O4S. The molecule has 1 aromatic heterocycles. The zero-order valence-electron chi connectivity index (χ0n) is 14.4. The maximum absolute atomic E-state index is 12.2. The van der Waals surface area contributed by atoms with Crippen LogP contribution in [0.25, 0.3) is 22.5 Å². The van der Waals surface area contributed by atoms with Gasteiger partial charge in [0.2, 0.25) is 5.91 Å². The summed E-state index contributed by atoms with van der Waals surface area (Å²) in [6.07, 6.45) is 0.0949. The SMILES string of the molecule is CCC(=O)NS(=O)(=O)c1ccc(-c2c(C)noc2-c2ccccc2)cc1. The van der Waals surface area contributed by atoms with E-state index in [2.05, 4.69) is 5.16 Å². The number of carbonyl (C=O) groups is 1. The Morgan fingerprint density at radius 2 is 1.69 bits per heavy atom. The number of sulfonamides is 1. The molecule has 0 aliphatic rings. The molecule has 1 amide bonds. The molecule has 3 rings (SSSR count). The summed E-state index contributed by atoms with van der Waals surface area (Å²) in [5.74, 6) is 0.0771. The molecule has 0 bridgehead atoms. The fourth-order valence-corrected chi connectivity index (χ4v) is 3.63. The average Bonchev–Trinajstić information content (AvgIpc) is 3.03. The summed E-state index contributed by atoms with van der Waals surface area (Å²) >= 11 is 0. The second-order valence-electron chi connectivity index (χ2n) is 5.74. The van der Waals surface area contributed by atoms with Crippen molar-refractivity contribution < 1.29 is 17.7 Å². The van der Waals surface area contributed by atoms with Crippen molar-refractivity contribution in [2.75, 3.05) is 0 Å². The molecule has 0 aliphatic heterocycles. The lowest BCUT2D eigenvalue weighted by Gasteiger charge is -2.07. The van der Waals surface area contributed by atoms with E-state index in [4.69, 9.17) is 4.52 Å². The predicted molar refractivity (Wildman–Crippen MR) is 97.7 cm³/mol. The van der Waals surface area contributed by atoms with Crippen molar-refractivity contribution in [3.05, 3.63) is 60.3 Å². The smallest absolute Gasteiger partial charge is 0.264 e. The first-order valence-electron chi connectivity index (χ1n) is 8.10. The highest BCUT2D eigenvalue weighted by atomic mass is 32.2. The lowest BCUT2D eigenvalue weighted by molar-refractivity contribution is -0.119. The molecule has 6 nitrogen and oxygen atoms in total. The number of nitrogens with zero attached hydrogens (tertiary/aromatic N) is 1. The van der Waals surface area contributed by atoms with E-state index in [-0.39, 0.29) is 11.3 Å². The quantitative estimate of drug-likeness (QED) is 0.742. The van der Waals surface area contributed by atoms with Crippen LogP contribution < -0.4 is 4.72 Å². The third-order valence-corrected chi connectivity index (χ3v) is 5.31. The molecule has 0 aliphatic carbocycles. The van der Waals surface area contributed by atoms with Crippen LogP contribution in [-0.2, 0) is 14.8 Å². The first-order chi connectivity index (χ1) is 12.4. The summed E-state index contributed by atoms with van der Waals surface area (Å²) in [4.78, 5) is 11.4. The van der Waals surface area contributed by atoms with Gasteiger partial charge < -0.3 is 4.52 Å². The van der Waals surface area contributed by atoms with Gasteiger partial charge in [0.1, 0.15) is 0 Å². The van der Waals surface area contributed by atoms with E-state index in [1.54, 1.807) is 19.1 Å². The fraction of sp³-hybridized carbons (Fsp3) is 0.158. The maximum Gasteiger partial charge on any atom is 0.264 e. The van der Waals surface area contributed by atoms with E-state index >= 15 is 0 Å². The third-order valence-electron chi connectivity index (χ3n) is 3.92. The number of benzene rings is 2. The van der Waals surface area contributed by atoms with Crippen LogP contribution in [0.4, 0.5) is 0 Å². The van der Waals surface area contributed by atoms with Crippen LogP contribution in [0.3, 0.4) is 0 Å². The molecule has 1 heterocycles. The van der Waals surface area contributed by atoms with Crippen LogP contribution in [0, 0.1) is 6.92 Å². The van der Waals surface area contributed by atoms with Gasteiger partial charge in [-0.05, 0) is 24.6 Å². The fourth-order valence-electron chi connectivity index (χ4n) is 2.58. The molecule has 2 aromatic carbocycles. The number of amides is 1.